The summed E-state index contributed by atoms with van der Waals surface area (Å²) in [6.45, 7) is 2.08. The summed E-state index contributed by atoms with van der Waals surface area (Å²) in [6, 6.07) is 13.0. The summed E-state index contributed by atoms with van der Waals surface area (Å²) in [5.41, 5.74) is 0.992. The molecule has 0 atom stereocenters. The summed E-state index contributed by atoms with van der Waals surface area (Å²) in [7, 11) is 0. The van der Waals surface area contributed by atoms with Crippen LogP contribution < -0.4 is 15.5 Å². The Bertz CT molecular complexity index is 885. The van der Waals surface area contributed by atoms with Gasteiger partial charge in [0.15, 0.2) is 5.11 Å². The minimum Gasteiger partial charge on any atom is -0.378 e. The van der Waals surface area contributed by atoms with Crippen molar-refractivity contribution in [1.82, 2.24) is 5.32 Å². The van der Waals surface area contributed by atoms with Crippen molar-refractivity contribution in [2.45, 2.75) is 19.0 Å². The van der Waals surface area contributed by atoms with Crippen molar-refractivity contribution >= 4 is 34.6 Å². The number of aryl methyl sites for hydroxylation is 1. The minimum atomic E-state index is -4.49. The smallest absolute Gasteiger partial charge is 0.378 e. The minimum absolute atomic E-state index is 0.0399. The fraction of sp³-hybridized carbons (Fsp3) is 0.333. The quantitative estimate of drug-likeness (QED) is 0.693. The molecule has 2 aromatic rings. The highest BCUT2D eigenvalue weighted by molar-refractivity contribution is 7.80. The maximum atomic E-state index is 13.2. The summed E-state index contributed by atoms with van der Waals surface area (Å²) in [5.74, 6) is -0.309. The summed E-state index contributed by atoms with van der Waals surface area (Å²) < 4.78 is 44.9. The second-order valence-electron chi connectivity index (χ2n) is 6.82. The van der Waals surface area contributed by atoms with E-state index in [4.69, 9.17) is 17.0 Å². The molecule has 2 aromatic carbocycles. The van der Waals surface area contributed by atoms with Gasteiger partial charge in [0.05, 0.1) is 30.2 Å². The van der Waals surface area contributed by atoms with Gasteiger partial charge in [0.25, 0.3) is 0 Å². The van der Waals surface area contributed by atoms with Gasteiger partial charge in [0.2, 0.25) is 5.91 Å². The van der Waals surface area contributed by atoms with Gasteiger partial charge in [-0.15, -0.1) is 0 Å². The average molecular weight is 437 g/mol. The van der Waals surface area contributed by atoms with Crippen molar-refractivity contribution in [3.63, 3.8) is 0 Å². The van der Waals surface area contributed by atoms with Gasteiger partial charge in [0, 0.05) is 19.5 Å². The second-order valence-corrected chi connectivity index (χ2v) is 7.23. The van der Waals surface area contributed by atoms with Gasteiger partial charge >= 0.3 is 6.18 Å². The van der Waals surface area contributed by atoms with Crippen LogP contribution in [0.3, 0.4) is 0 Å². The highest BCUT2D eigenvalue weighted by Gasteiger charge is 2.31. The molecule has 0 saturated carbocycles. The number of ether oxygens (including phenoxy) is 1. The molecule has 0 unspecified atom stereocenters. The number of hydrogen-bond donors (Lipinski definition) is 2. The topological polar surface area (TPSA) is 53.6 Å². The molecule has 0 aromatic heterocycles. The van der Waals surface area contributed by atoms with Crippen LogP contribution >= 0.6 is 12.2 Å². The van der Waals surface area contributed by atoms with E-state index < -0.39 is 11.7 Å². The normalized spacial score (nSPS) is 14.3. The molecule has 5 nitrogen and oxygen atoms in total. The van der Waals surface area contributed by atoms with Gasteiger partial charge in [-0.25, -0.2) is 0 Å². The Labute approximate surface area is 178 Å². The summed E-state index contributed by atoms with van der Waals surface area (Å²) in [6.07, 6.45) is -3.73. The Morgan fingerprint density at radius 3 is 2.47 bits per heavy atom. The molecule has 1 heterocycles. The molecule has 0 spiro atoms. The molecule has 30 heavy (non-hydrogen) atoms. The maximum Gasteiger partial charge on any atom is 0.416 e. The van der Waals surface area contributed by atoms with Crippen LogP contribution in [0.15, 0.2) is 48.5 Å². The zero-order valence-electron chi connectivity index (χ0n) is 16.2. The number of amides is 1. The van der Waals surface area contributed by atoms with Gasteiger partial charge in [-0.2, -0.15) is 13.2 Å². The van der Waals surface area contributed by atoms with Crippen molar-refractivity contribution in [1.29, 1.82) is 0 Å². The molecule has 1 aliphatic rings. The van der Waals surface area contributed by atoms with Crippen LogP contribution in [0.1, 0.15) is 17.5 Å². The van der Waals surface area contributed by atoms with Crippen LogP contribution in [-0.2, 0) is 22.1 Å². The Kier molecular flexibility index (Phi) is 7.28. The van der Waals surface area contributed by atoms with Crippen molar-refractivity contribution in [2.75, 3.05) is 36.5 Å². The molecule has 0 aliphatic carbocycles. The highest BCUT2D eigenvalue weighted by Crippen LogP contribution is 2.35. The molecule has 1 aliphatic heterocycles. The molecule has 2 N–H and O–H groups in total. The van der Waals surface area contributed by atoms with E-state index in [1.54, 1.807) is 0 Å². The van der Waals surface area contributed by atoms with Crippen molar-refractivity contribution < 1.29 is 22.7 Å². The Morgan fingerprint density at radius 2 is 1.80 bits per heavy atom. The van der Waals surface area contributed by atoms with E-state index in [2.05, 4.69) is 10.6 Å². The fourth-order valence-electron chi connectivity index (χ4n) is 3.14. The fourth-order valence-corrected chi connectivity index (χ4v) is 3.36. The summed E-state index contributed by atoms with van der Waals surface area (Å²) in [4.78, 5) is 14.1. The Hall–Kier alpha value is -2.65. The zero-order chi connectivity index (χ0) is 21.6. The number of benzene rings is 2. The first-order chi connectivity index (χ1) is 14.3. The van der Waals surface area contributed by atoms with Gasteiger partial charge in [-0.05, 0) is 42.4 Å². The standard InChI is InChI=1S/C21H22F3N3O2S/c22-21(23,24)16-7-8-18(27-10-12-29-13-11-27)17(14-16)25-20(30)26-19(28)9-6-15-4-2-1-3-5-15/h1-5,7-8,14H,6,9-13H2,(H2,25,26,28,30). The molecular weight excluding hydrogens is 415 g/mol. The molecular formula is C21H22F3N3O2S. The first-order valence-corrected chi connectivity index (χ1v) is 9.92. The SMILES string of the molecule is O=C(CCc1ccccc1)NC(=S)Nc1cc(C(F)(F)F)ccc1N1CCOCC1. The Morgan fingerprint density at radius 1 is 1.10 bits per heavy atom. The maximum absolute atomic E-state index is 13.2. The monoisotopic (exact) mass is 437 g/mol. The largest absolute Gasteiger partial charge is 0.416 e. The molecule has 0 bridgehead atoms. The van der Waals surface area contributed by atoms with E-state index in [0.717, 1.165) is 17.7 Å². The number of nitrogens with zero attached hydrogens (tertiary/aromatic N) is 1. The van der Waals surface area contributed by atoms with E-state index in [1.165, 1.54) is 6.07 Å². The lowest BCUT2D eigenvalue weighted by Gasteiger charge is -2.31. The third-order valence-corrected chi connectivity index (χ3v) is 4.86. The number of rotatable bonds is 5. The third kappa shape index (κ3) is 6.17. The van der Waals surface area contributed by atoms with Crippen molar-refractivity contribution in [3.8, 4) is 0 Å². The van der Waals surface area contributed by atoms with Crippen LogP contribution in [0.5, 0.6) is 0 Å². The molecule has 0 radical (unpaired) electrons. The number of halogens is 3. The first-order valence-electron chi connectivity index (χ1n) is 9.51. The van der Waals surface area contributed by atoms with E-state index in [0.29, 0.717) is 38.4 Å². The van der Waals surface area contributed by atoms with Crippen LogP contribution in [0.25, 0.3) is 0 Å². The van der Waals surface area contributed by atoms with Crippen LogP contribution in [0, 0.1) is 0 Å². The number of carbonyl (C=O) groups is 1. The van der Waals surface area contributed by atoms with E-state index in [1.807, 2.05) is 35.2 Å². The van der Waals surface area contributed by atoms with Gasteiger partial charge < -0.3 is 20.3 Å². The Balaban J connectivity index is 1.68. The van der Waals surface area contributed by atoms with Gasteiger partial charge in [0.1, 0.15) is 0 Å². The molecule has 1 fully saturated rings. The zero-order valence-corrected chi connectivity index (χ0v) is 17.0. The molecule has 160 valence electrons. The predicted molar refractivity (Wildman–Crippen MR) is 114 cm³/mol. The van der Waals surface area contributed by atoms with Crippen LogP contribution in [-0.4, -0.2) is 37.3 Å². The third-order valence-electron chi connectivity index (χ3n) is 4.66. The number of carbonyl (C=O) groups excluding carboxylic acids is 1. The average Bonchev–Trinajstić information content (AvgIpc) is 2.73. The lowest BCUT2D eigenvalue weighted by atomic mass is 10.1. The number of nitrogens with one attached hydrogen (secondary N) is 2. The second kappa shape index (κ2) is 9.90. The first kappa shape index (κ1) is 22.0. The summed E-state index contributed by atoms with van der Waals surface area (Å²) in [5, 5.41) is 5.27. The lowest BCUT2D eigenvalue weighted by Crippen LogP contribution is -2.38. The number of thiocarbonyl (C=S) groups is 1. The van der Waals surface area contributed by atoms with E-state index >= 15 is 0 Å². The van der Waals surface area contributed by atoms with E-state index in [9.17, 15) is 18.0 Å². The van der Waals surface area contributed by atoms with E-state index in [-0.39, 0.29) is 23.1 Å². The molecule has 1 saturated heterocycles. The molecule has 9 heteroatoms. The number of morpholine rings is 1. The van der Waals surface area contributed by atoms with Gasteiger partial charge in [-0.1, -0.05) is 30.3 Å². The lowest BCUT2D eigenvalue weighted by molar-refractivity contribution is -0.137. The van der Waals surface area contributed by atoms with Crippen molar-refractivity contribution in [2.24, 2.45) is 0 Å². The summed E-state index contributed by atoms with van der Waals surface area (Å²) >= 11 is 5.17. The van der Waals surface area contributed by atoms with Crippen molar-refractivity contribution in [3.05, 3.63) is 59.7 Å². The molecule has 3 rings (SSSR count). The number of alkyl halides is 3. The predicted octanol–water partition coefficient (Wildman–Crippen LogP) is 3.99. The highest BCUT2D eigenvalue weighted by atomic mass is 32.1. The number of hydrogen-bond acceptors (Lipinski definition) is 4. The molecule has 1 amide bonds. The van der Waals surface area contributed by atoms with Crippen LogP contribution in [0.4, 0.5) is 24.5 Å². The van der Waals surface area contributed by atoms with Crippen LogP contribution in [0.2, 0.25) is 0 Å². The van der Waals surface area contributed by atoms with Gasteiger partial charge in [-0.3, -0.25) is 4.79 Å². The number of anilines is 2.